The van der Waals surface area contributed by atoms with E-state index in [4.69, 9.17) is 0 Å². The second kappa shape index (κ2) is 13.5. The van der Waals surface area contributed by atoms with Gasteiger partial charge in [-0.25, -0.2) is 0 Å². The van der Waals surface area contributed by atoms with E-state index in [2.05, 4.69) is 15.6 Å². The molecule has 3 amide bonds. The van der Waals surface area contributed by atoms with Gasteiger partial charge in [0.15, 0.2) is 0 Å². The summed E-state index contributed by atoms with van der Waals surface area (Å²) in [5.74, 6) is -0.632. The van der Waals surface area contributed by atoms with E-state index in [1.165, 1.54) is 11.8 Å². The molecule has 0 atom stereocenters. The van der Waals surface area contributed by atoms with E-state index in [1.807, 2.05) is 91.0 Å². The summed E-state index contributed by atoms with van der Waals surface area (Å²) in [5.41, 5.74) is 4.57. The van der Waals surface area contributed by atoms with Crippen LogP contribution in [-0.4, -0.2) is 28.5 Å². The van der Waals surface area contributed by atoms with E-state index in [0.29, 0.717) is 11.3 Å². The molecule has 2 heterocycles. The Kier molecular flexibility index (Phi) is 8.64. The first kappa shape index (κ1) is 30.2. The first-order valence-corrected chi connectivity index (χ1v) is 16.7. The monoisotopic (exact) mass is 652 g/mol. The quantitative estimate of drug-likeness (QED) is 0.113. The number of carbonyl (C=O) groups excluding carboxylic acids is 3. The first-order chi connectivity index (χ1) is 23.0. The smallest absolute Gasteiger partial charge is 0.272 e. The van der Waals surface area contributed by atoms with E-state index < -0.39 is 5.91 Å². The molecule has 0 spiro atoms. The van der Waals surface area contributed by atoms with Crippen molar-refractivity contribution in [3.63, 3.8) is 0 Å². The number of amides is 3. The highest BCUT2D eigenvalue weighted by Crippen LogP contribution is 2.48. The highest BCUT2D eigenvalue weighted by atomic mass is 32.2. The molecule has 0 unspecified atom stereocenters. The number of carbonyl (C=O) groups is 3. The number of thioether (sulfide) groups is 1. The summed E-state index contributed by atoms with van der Waals surface area (Å²) >= 11 is 3.10. The molecule has 9 heteroatoms. The van der Waals surface area contributed by atoms with Crippen LogP contribution < -0.4 is 15.5 Å². The van der Waals surface area contributed by atoms with Gasteiger partial charge in [0, 0.05) is 48.6 Å². The van der Waals surface area contributed by atoms with Crippen molar-refractivity contribution < 1.29 is 14.4 Å². The molecule has 47 heavy (non-hydrogen) atoms. The van der Waals surface area contributed by atoms with Crippen molar-refractivity contribution in [2.45, 2.75) is 14.7 Å². The summed E-state index contributed by atoms with van der Waals surface area (Å²) in [4.78, 5) is 48.2. The normalized spacial score (nSPS) is 12.3. The number of aromatic amines is 1. The number of hydrogen-bond donors (Lipinski definition) is 3. The van der Waals surface area contributed by atoms with Crippen molar-refractivity contribution in [1.82, 2.24) is 10.3 Å². The minimum atomic E-state index is -0.463. The van der Waals surface area contributed by atoms with E-state index in [1.54, 1.807) is 65.3 Å². The zero-order valence-electron chi connectivity index (χ0n) is 25.0. The van der Waals surface area contributed by atoms with Gasteiger partial charge < -0.3 is 15.6 Å². The molecule has 6 aromatic rings. The molecule has 3 N–H and O–H groups in total. The Morgan fingerprint density at radius 3 is 2.11 bits per heavy atom. The number of nitrogens with one attached hydrogen (secondary N) is 3. The van der Waals surface area contributed by atoms with Gasteiger partial charge in [0.05, 0.1) is 17.1 Å². The lowest BCUT2D eigenvalue weighted by Crippen LogP contribution is -2.30. The van der Waals surface area contributed by atoms with Crippen molar-refractivity contribution in [2.24, 2.45) is 0 Å². The fourth-order valence-corrected chi connectivity index (χ4v) is 7.13. The zero-order valence-corrected chi connectivity index (χ0v) is 26.6. The molecule has 1 aliphatic rings. The second-order valence-corrected chi connectivity index (χ2v) is 12.8. The molecule has 0 saturated carbocycles. The molecular formula is C38H28N4O3S2. The van der Waals surface area contributed by atoms with Crippen LogP contribution in [0.4, 0.5) is 17.1 Å². The number of fused-ring (bicyclic) bond motifs is 3. The van der Waals surface area contributed by atoms with Crippen molar-refractivity contribution in [2.75, 3.05) is 16.0 Å². The number of rotatable bonds is 8. The van der Waals surface area contributed by atoms with Crippen LogP contribution in [-0.2, 0) is 9.59 Å². The third-order valence-corrected chi connectivity index (χ3v) is 9.73. The van der Waals surface area contributed by atoms with Gasteiger partial charge in [-0.2, -0.15) is 0 Å². The Morgan fingerprint density at radius 2 is 1.38 bits per heavy atom. The minimum absolute atomic E-state index is 0.0196. The minimum Gasteiger partial charge on any atom is -0.361 e. The van der Waals surface area contributed by atoms with Gasteiger partial charge in [0.2, 0.25) is 5.91 Å². The van der Waals surface area contributed by atoms with Crippen molar-refractivity contribution in [3.8, 4) is 0 Å². The van der Waals surface area contributed by atoms with E-state index in [-0.39, 0.29) is 23.3 Å². The molecule has 1 aliphatic heterocycles. The number of H-pyrrole nitrogens is 1. The maximum Gasteiger partial charge on any atom is 0.272 e. The van der Waals surface area contributed by atoms with Gasteiger partial charge in [-0.1, -0.05) is 72.4 Å². The number of aromatic nitrogens is 1. The van der Waals surface area contributed by atoms with Crippen molar-refractivity contribution in [3.05, 3.63) is 150 Å². The van der Waals surface area contributed by atoms with Crippen molar-refractivity contribution >= 4 is 75.3 Å². The van der Waals surface area contributed by atoms with Crippen LogP contribution in [0.15, 0.2) is 154 Å². The van der Waals surface area contributed by atoms with Gasteiger partial charge in [0.25, 0.3) is 11.8 Å². The third kappa shape index (κ3) is 6.58. The van der Waals surface area contributed by atoms with Crippen molar-refractivity contribution in [1.29, 1.82) is 0 Å². The summed E-state index contributed by atoms with van der Waals surface area (Å²) < 4.78 is 0. The molecule has 0 saturated heterocycles. The van der Waals surface area contributed by atoms with Gasteiger partial charge in [-0.3, -0.25) is 19.3 Å². The van der Waals surface area contributed by atoms with Gasteiger partial charge in [0.1, 0.15) is 5.70 Å². The Hall–Kier alpha value is -5.51. The molecular weight excluding hydrogens is 625 g/mol. The van der Waals surface area contributed by atoms with Gasteiger partial charge >= 0.3 is 0 Å². The van der Waals surface area contributed by atoms with E-state index in [0.717, 1.165) is 42.5 Å². The average Bonchev–Trinajstić information content (AvgIpc) is 3.52. The summed E-state index contributed by atoms with van der Waals surface area (Å²) in [5, 5.41) is 6.63. The molecule has 1 aromatic heterocycles. The zero-order chi connectivity index (χ0) is 32.2. The lowest BCUT2D eigenvalue weighted by molar-refractivity contribution is -0.115. The van der Waals surface area contributed by atoms with E-state index in [9.17, 15) is 14.4 Å². The van der Waals surface area contributed by atoms with Crippen LogP contribution in [0.2, 0.25) is 0 Å². The molecule has 230 valence electrons. The Bertz CT molecular complexity index is 2100. The fourth-order valence-electron chi connectivity index (χ4n) is 5.33. The van der Waals surface area contributed by atoms with Crippen LogP contribution in [0, 0.1) is 0 Å². The molecule has 0 fully saturated rings. The van der Waals surface area contributed by atoms with Gasteiger partial charge in [-0.15, -0.1) is 11.8 Å². The maximum atomic E-state index is 13.6. The molecule has 0 radical (unpaired) electrons. The number of hydrogen-bond acceptors (Lipinski definition) is 5. The standard InChI is InChI=1S/C38H28N4O3S2/c43-36(42-32-14-6-8-16-34(32)47-35-17-9-7-15-33(35)42)24-46-28-20-18-27(19-21-28)40-38(45)31(41-37(44)25-10-2-1-3-11-25)22-26-23-39-30-13-5-4-12-29(26)30/h1-23,39H,24H2,(H,40,45)(H,41,44). The lowest BCUT2D eigenvalue weighted by Gasteiger charge is -2.31. The molecule has 7 rings (SSSR count). The lowest BCUT2D eigenvalue weighted by atomic mass is 10.1. The first-order valence-electron chi connectivity index (χ1n) is 14.9. The summed E-state index contributed by atoms with van der Waals surface area (Å²) in [6.45, 7) is 0. The summed E-state index contributed by atoms with van der Waals surface area (Å²) in [7, 11) is 0. The Balaban J connectivity index is 1.06. The molecule has 7 nitrogen and oxygen atoms in total. The highest BCUT2D eigenvalue weighted by molar-refractivity contribution is 8.00. The predicted octanol–water partition coefficient (Wildman–Crippen LogP) is 8.50. The Labute approximate surface area is 280 Å². The van der Waals surface area contributed by atoms with Crippen LogP contribution in [0.3, 0.4) is 0 Å². The molecule has 0 bridgehead atoms. The Morgan fingerprint density at radius 1 is 0.745 bits per heavy atom. The number of anilines is 3. The summed E-state index contributed by atoms with van der Waals surface area (Å²) in [6.07, 6.45) is 3.47. The van der Waals surface area contributed by atoms with Crippen LogP contribution in [0.25, 0.3) is 17.0 Å². The SMILES string of the molecule is O=C(Nc1ccc(SCC(=O)N2c3ccccc3Sc3ccccc32)cc1)C(=Cc1c[nH]c2ccccc12)NC(=O)c1ccccc1. The molecule has 0 aliphatic carbocycles. The third-order valence-electron chi connectivity index (χ3n) is 7.61. The van der Waals surface area contributed by atoms with E-state index >= 15 is 0 Å². The highest BCUT2D eigenvalue weighted by Gasteiger charge is 2.27. The number of benzene rings is 5. The largest absolute Gasteiger partial charge is 0.361 e. The van der Waals surface area contributed by atoms with Crippen LogP contribution in [0.1, 0.15) is 15.9 Å². The van der Waals surface area contributed by atoms with Crippen LogP contribution in [0.5, 0.6) is 0 Å². The maximum absolute atomic E-state index is 13.6. The fraction of sp³-hybridized carbons (Fsp3) is 0.0263. The average molecular weight is 653 g/mol. The number of nitrogens with zero attached hydrogens (tertiary/aromatic N) is 1. The van der Waals surface area contributed by atoms with Crippen LogP contribution >= 0.6 is 23.5 Å². The number of para-hydroxylation sites is 3. The predicted molar refractivity (Wildman–Crippen MR) is 190 cm³/mol. The summed E-state index contributed by atoms with van der Waals surface area (Å²) in [6, 6.07) is 39.7. The molecule has 5 aromatic carbocycles. The topological polar surface area (TPSA) is 94.3 Å². The second-order valence-electron chi connectivity index (χ2n) is 10.7. The van der Waals surface area contributed by atoms with Gasteiger partial charge in [-0.05, 0) is 72.8 Å².